The van der Waals surface area contributed by atoms with Crippen molar-refractivity contribution in [3.63, 3.8) is 0 Å². The van der Waals surface area contributed by atoms with Crippen LogP contribution in [0.4, 0.5) is 0 Å². The van der Waals surface area contributed by atoms with E-state index in [1.165, 1.54) is 0 Å². The Labute approximate surface area is 624 Å². The molecule has 514 valence electrons. The van der Waals surface area contributed by atoms with Gasteiger partial charge in [-0.15, -0.1) is 0 Å². The summed E-state index contributed by atoms with van der Waals surface area (Å²) in [5.41, 5.74) is 9.30. The lowest BCUT2D eigenvalue weighted by atomic mass is 9.67. The van der Waals surface area contributed by atoms with Gasteiger partial charge in [0.25, 0.3) is 0 Å². The summed E-state index contributed by atoms with van der Waals surface area (Å²) >= 11 is 0. The topological polar surface area (TPSA) is 86.7 Å². The third kappa shape index (κ3) is 12.0. The molecule has 1 aliphatic rings. The molecular formula is C97H70O6P4. The fourth-order valence-corrected chi connectivity index (χ4v) is 26.7. The number of hydrogen-bond acceptors (Lipinski definition) is 6. The number of para-hydroxylation sites is 2. The number of rotatable bonds is 20. The predicted molar refractivity (Wildman–Crippen MR) is 445 cm³/mol. The third-order valence-corrected chi connectivity index (χ3v) is 33.0. The summed E-state index contributed by atoms with van der Waals surface area (Å²) in [5.74, 6) is 1.54. The smallest absolute Gasteiger partial charge is 0.174 e. The minimum absolute atomic E-state index is 0.377. The van der Waals surface area contributed by atoms with E-state index in [1.54, 1.807) is 0 Å². The fourth-order valence-electron chi connectivity index (χ4n) is 15.6. The highest BCUT2D eigenvalue weighted by atomic mass is 31.2. The van der Waals surface area contributed by atoms with Gasteiger partial charge in [0.2, 0.25) is 0 Å². The van der Waals surface area contributed by atoms with Gasteiger partial charge in [-0.3, -0.25) is 0 Å². The molecule has 0 spiro atoms. The summed E-state index contributed by atoms with van der Waals surface area (Å²) in [5, 5.41) is 7.27. The molecule has 0 aliphatic heterocycles. The largest absolute Gasteiger partial charge is 0.456 e. The molecule has 0 aromatic heterocycles. The SMILES string of the molecule is O=P(c1ccccc1)(c1ccccc1)c1ccccc1Oc1ccc(-c2ccc(C3(c4ccc(-c5ccc(Oc6ccccc6P(=O)(c6ccccc6)c6ccccc6)c(P(=O)(c6ccccc6)c6ccccc6)c5)cc4)c4ccccc4-c4ccccc43)cc2)cc1P(=O)(c1ccccc1)c1ccccc1. The van der Waals surface area contributed by atoms with Crippen LogP contribution in [0.1, 0.15) is 22.3 Å². The Balaban J connectivity index is 0.794. The van der Waals surface area contributed by atoms with Crippen molar-refractivity contribution in [2.45, 2.75) is 5.41 Å². The van der Waals surface area contributed by atoms with Crippen molar-refractivity contribution in [3.05, 3.63) is 447 Å². The van der Waals surface area contributed by atoms with Gasteiger partial charge >= 0.3 is 0 Å². The van der Waals surface area contributed by atoms with Crippen LogP contribution in [0.3, 0.4) is 0 Å². The standard InChI is InChI=1S/C97H70O6P4/c98-104(77-33-9-1-10-34-77,78-35-11-2-12-36-78)93-55-31-29-53-89(93)102-91-67-61-73(69-95(91)106(100,81-41-17-5-18-42-81)82-43-19-6-20-44-82)71-57-63-75(64-58-71)97(87-51-27-25-49-85(87)86-50-26-28-52-88(86)97)76-65-59-72(60-66-76)74-62-68-92(96(70-74)107(101,83-45-21-7-22-46-83)84-47-23-8-24-48-84)103-90-54-30-32-56-94(90)105(99,79-37-13-3-14-38-79)80-39-15-4-16-40-80/h1-70H. The van der Waals surface area contributed by atoms with Gasteiger partial charge in [-0.05, 0) is 104 Å². The van der Waals surface area contributed by atoms with Crippen LogP contribution in [0.25, 0.3) is 33.4 Å². The summed E-state index contributed by atoms with van der Waals surface area (Å²) in [6.07, 6.45) is 0. The van der Waals surface area contributed by atoms with Crippen molar-refractivity contribution in [3.8, 4) is 56.4 Å². The molecule has 107 heavy (non-hydrogen) atoms. The molecule has 6 nitrogen and oxygen atoms in total. The van der Waals surface area contributed by atoms with E-state index in [9.17, 15) is 0 Å². The molecule has 0 unspecified atom stereocenters. The molecule has 0 atom stereocenters. The Morgan fingerprint density at radius 2 is 0.402 bits per heavy atom. The van der Waals surface area contributed by atoms with Gasteiger partial charge < -0.3 is 27.7 Å². The highest BCUT2D eigenvalue weighted by Crippen LogP contribution is 2.58. The zero-order valence-electron chi connectivity index (χ0n) is 58.2. The van der Waals surface area contributed by atoms with Gasteiger partial charge in [-0.1, -0.05) is 376 Å². The van der Waals surface area contributed by atoms with Crippen molar-refractivity contribution in [1.29, 1.82) is 0 Å². The molecule has 0 radical (unpaired) electrons. The molecular weight excluding hydrogens is 1380 g/mol. The summed E-state index contributed by atoms with van der Waals surface area (Å²) in [6.45, 7) is 0. The van der Waals surface area contributed by atoms with Crippen LogP contribution in [0, 0.1) is 0 Å². The average molecular weight is 1460 g/mol. The van der Waals surface area contributed by atoms with E-state index >= 15 is 18.3 Å². The highest BCUT2D eigenvalue weighted by molar-refractivity contribution is 7.87. The van der Waals surface area contributed by atoms with Crippen LogP contribution in [0.15, 0.2) is 425 Å². The normalized spacial score (nSPS) is 12.5. The van der Waals surface area contributed by atoms with Crippen LogP contribution in [-0.2, 0) is 23.7 Å². The highest BCUT2D eigenvalue weighted by Gasteiger charge is 2.47. The first-order chi connectivity index (χ1) is 52.6. The van der Waals surface area contributed by atoms with E-state index in [2.05, 4.69) is 97.1 Å². The summed E-state index contributed by atoms with van der Waals surface area (Å²) in [6, 6.07) is 139. The van der Waals surface area contributed by atoms with Gasteiger partial charge in [0.05, 0.1) is 26.6 Å². The molecule has 10 heteroatoms. The van der Waals surface area contributed by atoms with Crippen molar-refractivity contribution in [2.24, 2.45) is 0 Å². The summed E-state index contributed by atoms with van der Waals surface area (Å²) < 4.78 is 80.6. The zero-order valence-corrected chi connectivity index (χ0v) is 61.7. The van der Waals surface area contributed by atoms with E-state index < -0.39 is 34.0 Å². The molecule has 1 aliphatic carbocycles. The Bertz CT molecular complexity index is 5560. The first-order valence-electron chi connectivity index (χ1n) is 35.7. The van der Waals surface area contributed by atoms with Gasteiger partial charge in [-0.25, -0.2) is 0 Å². The fraction of sp³-hybridized carbons (Fsp3) is 0.0103. The maximum Gasteiger partial charge on any atom is 0.174 e. The van der Waals surface area contributed by atoms with E-state index in [-0.39, 0.29) is 0 Å². The monoisotopic (exact) mass is 1450 g/mol. The molecule has 16 aromatic rings. The van der Waals surface area contributed by atoms with E-state index in [1.807, 2.05) is 328 Å². The average Bonchev–Trinajstić information content (AvgIpc) is 1.50. The van der Waals surface area contributed by atoms with Crippen LogP contribution in [0.2, 0.25) is 0 Å². The Morgan fingerprint density at radius 3 is 0.682 bits per heavy atom. The van der Waals surface area contributed by atoms with E-state index in [0.29, 0.717) is 86.7 Å². The van der Waals surface area contributed by atoms with Crippen LogP contribution >= 0.6 is 28.6 Å². The number of hydrogen-bond donors (Lipinski definition) is 0. The summed E-state index contributed by atoms with van der Waals surface area (Å²) in [7, 11) is -14.6. The van der Waals surface area contributed by atoms with Crippen LogP contribution < -0.4 is 73.1 Å². The van der Waals surface area contributed by atoms with Crippen LogP contribution in [-0.4, -0.2) is 0 Å². The molecule has 16 aromatic carbocycles. The Morgan fingerprint density at radius 1 is 0.187 bits per heavy atom. The Kier molecular flexibility index (Phi) is 18.4. The quantitative estimate of drug-likeness (QED) is 0.0707. The van der Waals surface area contributed by atoms with Gasteiger partial charge in [0.15, 0.2) is 28.6 Å². The number of benzene rings is 16. The minimum atomic E-state index is -3.76. The van der Waals surface area contributed by atoms with E-state index in [4.69, 9.17) is 9.47 Å². The van der Waals surface area contributed by atoms with Crippen molar-refractivity contribution in [1.82, 2.24) is 0 Å². The summed E-state index contributed by atoms with van der Waals surface area (Å²) in [4.78, 5) is 0. The predicted octanol–water partition coefficient (Wildman–Crippen LogP) is 19.5. The first kappa shape index (κ1) is 68.2. The second-order valence-corrected chi connectivity index (χ2v) is 37.6. The van der Waals surface area contributed by atoms with Crippen molar-refractivity contribution < 1.29 is 27.7 Å². The van der Waals surface area contributed by atoms with Crippen molar-refractivity contribution in [2.75, 3.05) is 0 Å². The molecule has 0 saturated heterocycles. The number of fused-ring (bicyclic) bond motifs is 3. The molecule has 0 bridgehead atoms. The molecule has 0 amide bonds. The third-order valence-electron chi connectivity index (χ3n) is 20.7. The lowest BCUT2D eigenvalue weighted by Crippen LogP contribution is -2.28. The Hall–Kier alpha value is -12.0. The molecule has 0 N–H and O–H groups in total. The maximum absolute atomic E-state index is 16.9. The zero-order chi connectivity index (χ0) is 72.4. The molecule has 17 rings (SSSR count). The van der Waals surface area contributed by atoms with E-state index in [0.717, 1.165) is 55.6 Å². The lowest BCUT2D eigenvalue weighted by Gasteiger charge is -2.34. The van der Waals surface area contributed by atoms with Gasteiger partial charge in [0, 0.05) is 42.4 Å². The van der Waals surface area contributed by atoms with Crippen molar-refractivity contribution >= 4 is 92.2 Å². The molecule has 0 saturated carbocycles. The van der Waals surface area contributed by atoms with Gasteiger partial charge in [0.1, 0.15) is 23.0 Å². The minimum Gasteiger partial charge on any atom is -0.456 e. The maximum atomic E-state index is 16.9. The number of ether oxygens (including phenoxy) is 2. The molecule has 0 fully saturated rings. The first-order valence-corrected chi connectivity index (χ1v) is 42.5. The lowest BCUT2D eigenvalue weighted by molar-refractivity contribution is 0.488. The second kappa shape index (κ2) is 28.8. The van der Waals surface area contributed by atoms with Crippen LogP contribution in [0.5, 0.6) is 23.0 Å². The van der Waals surface area contributed by atoms with Gasteiger partial charge in [-0.2, -0.15) is 0 Å². The second-order valence-electron chi connectivity index (χ2n) is 26.6. The molecule has 0 heterocycles.